The van der Waals surface area contributed by atoms with Crippen molar-refractivity contribution in [2.24, 2.45) is 0 Å². The summed E-state index contributed by atoms with van der Waals surface area (Å²) in [4.78, 5) is 0. The molecule has 0 aliphatic rings. The standard InChI is InChI=1S/C5H10Cl2OS/c1-5(2,3)9(8)4(6)7/h4H,1-3H3. The smallest absolute Gasteiger partial charge is 0.182 e. The Hall–Kier alpha value is 0.730. The van der Waals surface area contributed by atoms with E-state index in [1.807, 2.05) is 20.8 Å². The monoisotopic (exact) mass is 188 g/mol. The molecule has 1 atom stereocenters. The topological polar surface area (TPSA) is 17.1 Å². The highest BCUT2D eigenvalue weighted by Gasteiger charge is 2.24. The first-order chi connectivity index (χ1) is 3.85. The van der Waals surface area contributed by atoms with Gasteiger partial charge in [0.05, 0.1) is 10.8 Å². The summed E-state index contributed by atoms with van der Waals surface area (Å²) in [6.07, 6.45) is 0. The highest BCUT2D eigenvalue weighted by molar-refractivity contribution is 7.89. The van der Waals surface area contributed by atoms with Gasteiger partial charge in [-0.05, 0) is 20.8 Å². The summed E-state index contributed by atoms with van der Waals surface area (Å²) in [5, 5.41) is 0. The largest absolute Gasteiger partial charge is 0.256 e. The number of hydrogen-bond acceptors (Lipinski definition) is 1. The van der Waals surface area contributed by atoms with Crippen LogP contribution in [0.2, 0.25) is 0 Å². The molecule has 4 heteroatoms. The zero-order valence-corrected chi connectivity index (χ0v) is 7.98. The maximum atomic E-state index is 11.0. The summed E-state index contributed by atoms with van der Waals surface area (Å²) >= 11 is 10.8. The van der Waals surface area contributed by atoms with E-state index in [1.54, 1.807) is 0 Å². The van der Waals surface area contributed by atoms with Crippen LogP contribution in [0, 0.1) is 0 Å². The van der Waals surface area contributed by atoms with Crippen molar-refractivity contribution in [3.63, 3.8) is 0 Å². The Bertz CT molecular complexity index is 117. The lowest BCUT2D eigenvalue weighted by Gasteiger charge is -2.17. The van der Waals surface area contributed by atoms with E-state index in [4.69, 9.17) is 23.2 Å². The van der Waals surface area contributed by atoms with Crippen molar-refractivity contribution >= 4 is 34.0 Å². The van der Waals surface area contributed by atoms with Gasteiger partial charge in [0, 0.05) is 4.75 Å². The molecule has 0 spiro atoms. The SMILES string of the molecule is CC(C)(C)S(=O)C(Cl)Cl. The van der Waals surface area contributed by atoms with Crippen LogP contribution >= 0.6 is 23.2 Å². The van der Waals surface area contributed by atoms with Crippen LogP contribution in [0.4, 0.5) is 0 Å². The minimum Gasteiger partial charge on any atom is -0.256 e. The maximum Gasteiger partial charge on any atom is 0.182 e. The molecule has 9 heavy (non-hydrogen) atoms. The summed E-state index contributed by atoms with van der Waals surface area (Å²) in [6, 6.07) is 0. The van der Waals surface area contributed by atoms with E-state index in [1.165, 1.54) is 0 Å². The van der Waals surface area contributed by atoms with E-state index in [0.29, 0.717) is 0 Å². The van der Waals surface area contributed by atoms with Crippen molar-refractivity contribution in [1.82, 2.24) is 0 Å². The lowest BCUT2D eigenvalue weighted by Crippen LogP contribution is -2.25. The van der Waals surface area contributed by atoms with E-state index in [-0.39, 0.29) is 4.75 Å². The van der Waals surface area contributed by atoms with Crippen LogP contribution in [-0.4, -0.2) is 13.1 Å². The summed E-state index contributed by atoms with van der Waals surface area (Å²) in [7, 11) is -1.16. The second-order valence-corrected chi connectivity index (χ2v) is 6.58. The quantitative estimate of drug-likeness (QED) is 0.578. The van der Waals surface area contributed by atoms with Gasteiger partial charge in [0.25, 0.3) is 0 Å². The van der Waals surface area contributed by atoms with Gasteiger partial charge in [0.2, 0.25) is 0 Å². The zero-order valence-electron chi connectivity index (χ0n) is 5.65. The summed E-state index contributed by atoms with van der Waals surface area (Å²) in [6.45, 7) is 5.50. The molecule has 0 saturated heterocycles. The summed E-state index contributed by atoms with van der Waals surface area (Å²) < 4.78 is 9.93. The number of alkyl halides is 2. The Labute approximate surface area is 68.2 Å². The second-order valence-electron chi connectivity index (χ2n) is 2.67. The lowest BCUT2D eigenvalue weighted by atomic mass is 10.3. The molecule has 1 unspecified atom stereocenters. The molecule has 0 rings (SSSR count). The van der Waals surface area contributed by atoms with Crippen molar-refractivity contribution < 1.29 is 4.21 Å². The molecule has 0 aromatic heterocycles. The number of halogens is 2. The minimum absolute atomic E-state index is 0.311. The molecule has 56 valence electrons. The fraction of sp³-hybridized carbons (Fsp3) is 1.00. The van der Waals surface area contributed by atoms with Crippen LogP contribution in [0.1, 0.15) is 20.8 Å². The van der Waals surface area contributed by atoms with Crippen molar-refractivity contribution in [2.45, 2.75) is 29.7 Å². The molecule has 0 aliphatic carbocycles. The molecule has 0 amide bonds. The maximum absolute atomic E-state index is 11.0. The van der Waals surface area contributed by atoms with E-state index in [2.05, 4.69) is 0 Å². The van der Waals surface area contributed by atoms with Gasteiger partial charge in [-0.1, -0.05) is 23.2 Å². The van der Waals surface area contributed by atoms with Crippen LogP contribution in [0.5, 0.6) is 0 Å². The molecular weight excluding hydrogens is 179 g/mol. The molecule has 0 aromatic rings. The van der Waals surface area contributed by atoms with Gasteiger partial charge in [-0.15, -0.1) is 0 Å². The highest BCUT2D eigenvalue weighted by Crippen LogP contribution is 2.20. The molecule has 1 nitrogen and oxygen atoms in total. The number of rotatable bonds is 1. The molecule has 0 saturated carbocycles. The Morgan fingerprint density at radius 3 is 1.67 bits per heavy atom. The summed E-state index contributed by atoms with van der Waals surface area (Å²) in [5.74, 6) is 0. The van der Waals surface area contributed by atoms with Crippen molar-refractivity contribution in [1.29, 1.82) is 0 Å². The Morgan fingerprint density at radius 2 is 1.67 bits per heavy atom. The molecule has 0 aliphatic heterocycles. The van der Waals surface area contributed by atoms with Crippen molar-refractivity contribution in [3.8, 4) is 0 Å². The van der Waals surface area contributed by atoms with E-state index in [9.17, 15) is 4.21 Å². The van der Waals surface area contributed by atoms with Crippen LogP contribution in [0.25, 0.3) is 0 Å². The van der Waals surface area contributed by atoms with Gasteiger partial charge < -0.3 is 0 Å². The van der Waals surface area contributed by atoms with Gasteiger partial charge in [-0.3, -0.25) is 4.21 Å². The molecule has 0 heterocycles. The van der Waals surface area contributed by atoms with E-state index in [0.717, 1.165) is 0 Å². The van der Waals surface area contributed by atoms with Crippen LogP contribution in [0.15, 0.2) is 0 Å². The lowest BCUT2D eigenvalue weighted by molar-refractivity contribution is 0.651. The first kappa shape index (κ1) is 9.73. The van der Waals surface area contributed by atoms with Crippen molar-refractivity contribution in [3.05, 3.63) is 0 Å². The molecular formula is C5H10Cl2OS. The average Bonchev–Trinajstić information content (AvgIpc) is 1.62. The second kappa shape index (κ2) is 3.22. The Morgan fingerprint density at radius 1 is 1.33 bits per heavy atom. The first-order valence-electron chi connectivity index (χ1n) is 2.54. The van der Waals surface area contributed by atoms with Gasteiger partial charge >= 0.3 is 0 Å². The van der Waals surface area contributed by atoms with Crippen molar-refractivity contribution in [2.75, 3.05) is 0 Å². The molecule has 0 fully saturated rings. The normalized spacial score (nSPS) is 16.2. The molecule has 0 aromatic carbocycles. The van der Waals surface area contributed by atoms with Gasteiger partial charge in [-0.25, -0.2) is 0 Å². The molecule has 0 bridgehead atoms. The predicted octanol–water partition coefficient (Wildman–Crippen LogP) is 2.29. The Balaban J connectivity index is 4.06. The van der Waals surface area contributed by atoms with Gasteiger partial charge in [0.15, 0.2) is 4.17 Å². The van der Waals surface area contributed by atoms with Crippen LogP contribution < -0.4 is 0 Å². The zero-order chi connectivity index (χ0) is 7.65. The third kappa shape index (κ3) is 3.43. The first-order valence-corrected chi connectivity index (χ1v) is 4.63. The third-order valence-electron chi connectivity index (χ3n) is 0.765. The molecule has 0 N–H and O–H groups in total. The van der Waals surface area contributed by atoms with Gasteiger partial charge in [0.1, 0.15) is 0 Å². The molecule has 0 radical (unpaired) electrons. The fourth-order valence-corrected chi connectivity index (χ4v) is 2.41. The third-order valence-corrected chi connectivity index (χ3v) is 3.27. The van der Waals surface area contributed by atoms with Gasteiger partial charge in [-0.2, -0.15) is 0 Å². The minimum atomic E-state index is -1.16. The average molecular weight is 189 g/mol. The van der Waals surface area contributed by atoms with Crippen LogP contribution in [0.3, 0.4) is 0 Å². The number of hydrogen-bond donors (Lipinski definition) is 0. The summed E-state index contributed by atoms with van der Waals surface area (Å²) in [5.41, 5.74) is 0. The Kier molecular flexibility index (Phi) is 3.48. The van der Waals surface area contributed by atoms with E-state index >= 15 is 0 Å². The van der Waals surface area contributed by atoms with Crippen LogP contribution in [-0.2, 0) is 10.8 Å². The fourth-order valence-electron chi connectivity index (χ4n) is 0.267. The highest BCUT2D eigenvalue weighted by atomic mass is 35.5. The van der Waals surface area contributed by atoms with E-state index < -0.39 is 15.0 Å². The predicted molar refractivity (Wildman–Crippen MR) is 43.4 cm³/mol.